The zero-order valence-corrected chi connectivity index (χ0v) is 9.63. The molecular weight excluding hydrogens is 261 g/mol. The Kier molecular flexibility index (Phi) is 4.01. The molecule has 0 amide bonds. The van der Waals surface area contributed by atoms with E-state index >= 15 is 0 Å². The Morgan fingerprint density at radius 3 is 2.58 bits per heavy atom. The number of rotatable bonds is 3. The third-order valence-corrected chi connectivity index (χ3v) is 3.02. The van der Waals surface area contributed by atoms with Gasteiger partial charge in [-0.1, -0.05) is 25.1 Å². The summed E-state index contributed by atoms with van der Waals surface area (Å²) in [7, 11) is 2.01. The van der Waals surface area contributed by atoms with Crippen molar-refractivity contribution in [1.29, 1.82) is 0 Å². The zero-order chi connectivity index (χ0) is 8.97. The summed E-state index contributed by atoms with van der Waals surface area (Å²) in [5.41, 5.74) is 1.41. The molecule has 1 atom stereocenters. The molecule has 1 nitrogen and oxygen atoms in total. The molecule has 66 valence electrons. The van der Waals surface area contributed by atoms with Gasteiger partial charge in [-0.05, 0) is 47.7 Å². The Bertz CT molecular complexity index is 243. The lowest BCUT2D eigenvalue weighted by Crippen LogP contribution is -2.16. The summed E-state index contributed by atoms with van der Waals surface area (Å²) in [4.78, 5) is 0. The molecule has 0 radical (unpaired) electrons. The summed E-state index contributed by atoms with van der Waals surface area (Å²) in [6, 6.07) is 9.01. The van der Waals surface area contributed by atoms with E-state index in [2.05, 4.69) is 59.1 Å². The molecule has 0 aliphatic heterocycles. The summed E-state index contributed by atoms with van der Waals surface area (Å²) >= 11 is 2.38. The standard InChI is InChI=1S/C10H14IN/c1-3-10(12-2)8-6-4-5-7-9(8)11/h4-7,10,12H,3H2,1-2H3. The van der Waals surface area contributed by atoms with E-state index in [9.17, 15) is 0 Å². The van der Waals surface area contributed by atoms with Gasteiger partial charge in [0, 0.05) is 9.61 Å². The summed E-state index contributed by atoms with van der Waals surface area (Å²) in [5, 5.41) is 3.30. The van der Waals surface area contributed by atoms with Crippen molar-refractivity contribution >= 4 is 22.6 Å². The van der Waals surface area contributed by atoms with Crippen LogP contribution in [-0.4, -0.2) is 7.05 Å². The third kappa shape index (κ3) is 2.20. The van der Waals surface area contributed by atoms with Crippen molar-refractivity contribution in [2.24, 2.45) is 0 Å². The van der Waals surface area contributed by atoms with E-state index in [0.717, 1.165) is 6.42 Å². The van der Waals surface area contributed by atoms with Crippen LogP contribution in [0.4, 0.5) is 0 Å². The average molecular weight is 275 g/mol. The average Bonchev–Trinajstić information content (AvgIpc) is 2.10. The molecule has 1 rings (SSSR count). The fraction of sp³-hybridized carbons (Fsp3) is 0.400. The molecule has 0 aliphatic carbocycles. The third-order valence-electron chi connectivity index (χ3n) is 2.04. The van der Waals surface area contributed by atoms with Crippen LogP contribution in [0.25, 0.3) is 0 Å². The van der Waals surface area contributed by atoms with Crippen LogP contribution in [0, 0.1) is 3.57 Å². The van der Waals surface area contributed by atoms with Gasteiger partial charge in [-0.2, -0.15) is 0 Å². The van der Waals surface area contributed by atoms with E-state index in [0.29, 0.717) is 6.04 Å². The van der Waals surface area contributed by atoms with E-state index in [4.69, 9.17) is 0 Å². The summed E-state index contributed by atoms with van der Waals surface area (Å²) < 4.78 is 1.34. The first-order valence-electron chi connectivity index (χ1n) is 4.21. The molecular formula is C10H14IN. The second-order valence-corrected chi connectivity index (χ2v) is 3.93. The highest BCUT2D eigenvalue weighted by atomic mass is 127. The Labute approximate surface area is 87.7 Å². The predicted octanol–water partition coefficient (Wildman–Crippen LogP) is 2.96. The number of nitrogens with one attached hydrogen (secondary N) is 1. The quantitative estimate of drug-likeness (QED) is 0.836. The molecule has 0 spiro atoms. The van der Waals surface area contributed by atoms with Crippen LogP contribution in [0.5, 0.6) is 0 Å². The molecule has 0 fully saturated rings. The fourth-order valence-electron chi connectivity index (χ4n) is 1.34. The second kappa shape index (κ2) is 4.82. The van der Waals surface area contributed by atoms with Gasteiger partial charge < -0.3 is 5.32 Å². The second-order valence-electron chi connectivity index (χ2n) is 2.77. The van der Waals surface area contributed by atoms with E-state index in [-0.39, 0.29) is 0 Å². The molecule has 0 aliphatic rings. The van der Waals surface area contributed by atoms with Gasteiger partial charge in [-0.25, -0.2) is 0 Å². The van der Waals surface area contributed by atoms with Crippen LogP contribution >= 0.6 is 22.6 Å². The largest absolute Gasteiger partial charge is 0.313 e. The molecule has 0 bridgehead atoms. The lowest BCUT2D eigenvalue weighted by atomic mass is 10.1. The van der Waals surface area contributed by atoms with Crippen molar-refractivity contribution in [2.45, 2.75) is 19.4 Å². The highest BCUT2D eigenvalue weighted by molar-refractivity contribution is 14.1. The number of halogens is 1. The number of hydrogen-bond acceptors (Lipinski definition) is 1. The Balaban J connectivity index is 2.92. The van der Waals surface area contributed by atoms with Gasteiger partial charge in [-0.3, -0.25) is 0 Å². The van der Waals surface area contributed by atoms with Crippen LogP contribution in [0.1, 0.15) is 24.9 Å². The maximum Gasteiger partial charge on any atom is 0.0325 e. The van der Waals surface area contributed by atoms with Crippen molar-refractivity contribution in [3.05, 3.63) is 33.4 Å². The van der Waals surface area contributed by atoms with Gasteiger partial charge in [0.15, 0.2) is 0 Å². The SMILES string of the molecule is CCC(NC)c1ccccc1I. The molecule has 1 unspecified atom stereocenters. The van der Waals surface area contributed by atoms with Crippen molar-refractivity contribution in [1.82, 2.24) is 5.32 Å². The zero-order valence-electron chi connectivity index (χ0n) is 7.47. The van der Waals surface area contributed by atoms with Crippen LogP contribution in [0.15, 0.2) is 24.3 Å². The Morgan fingerprint density at radius 1 is 1.42 bits per heavy atom. The normalized spacial score (nSPS) is 12.9. The minimum absolute atomic E-state index is 0.498. The van der Waals surface area contributed by atoms with Crippen molar-refractivity contribution < 1.29 is 0 Å². The monoisotopic (exact) mass is 275 g/mol. The minimum Gasteiger partial charge on any atom is -0.313 e. The van der Waals surface area contributed by atoms with E-state index < -0.39 is 0 Å². The van der Waals surface area contributed by atoms with E-state index in [1.54, 1.807) is 0 Å². The molecule has 1 aromatic rings. The van der Waals surface area contributed by atoms with Crippen molar-refractivity contribution in [3.8, 4) is 0 Å². The topological polar surface area (TPSA) is 12.0 Å². The molecule has 1 aromatic carbocycles. The lowest BCUT2D eigenvalue weighted by molar-refractivity contribution is 0.574. The first kappa shape index (κ1) is 9.99. The maximum absolute atomic E-state index is 3.30. The van der Waals surface area contributed by atoms with Crippen LogP contribution in [-0.2, 0) is 0 Å². The van der Waals surface area contributed by atoms with E-state index in [1.165, 1.54) is 9.13 Å². The van der Waals surface area contributed by atoms with Crippen molar-refractivity contribution in [2.75, 3.05) is 7.05 Å². The first-order valence-corrected chi connectivity index (χ1v) is 5.29. The molecule has 12 heavy (non-hydrogen) atoms. The van der Waals surface area contributed by atoms with Crippen LogP contribution < -0.4 is 5.32 Å². The van der Waals surface area contributed by atoms with E-state index in [1.807, 2.05) is 7.05 Å². The first-order chi connectivity index (χ1) is 5.79. The van der Waals surface area contributed by atoms with Gasteiger partial charge in [0.05, 0.1) is 0 Å². The molecule has 0 aromatic heterocycles. The summed E-state index contributed by atoms with van der Waals surface area (Å²) in [6.07, 6.45) is 1.14. The van der Waals surface area contributed by atoms with Gasteiger partial charge in [0.2, 0.25) is 0 Å². The van der Waals surface area contributed by atoms with Gasteiger partial charge >= 0.3 is 0 Å². The summed E-state index contributed by atoms with van der Waals surface area (Å²) in [6.45, 7) is 2.20. The lowest BCUT2D eigenvalue weighted by Gasteiger charge is -2.15. The molecule has 0 saturated carbocycles. The van der Waals surface area contributed by atoms with Gasteiger partial charge in [0.1, 0.15) is 0 Å². The Morgan fingerprint density at radius 2 is 2.08 bits per heavy atom. The summed E-state index contributed by atoms with van der Waals surface area (Å²) in [5.74, 6) is 0. The maximum atomic E-state index is 3.30. The van der Waals surface area contributed by atoms with Gasteiger partial charge in [-0.15, -0.1) is 0 Å². The fourth-order valence-corrected chi connectivity index (χ4v) is 2.10. The highest BCUT2D eigenvalue weighted by Crippen LogP contribution is 2.21. The minimum atomic E-state index is 0.498. The predicted molar refractivity (Wildman–Crippen MR) is 61.3 cm³/mol. The molecule has 1 N–H and O–H groups in total. The molecule has 0 saturated heterocycles. The molecule has 2 heteroatoms. The smallest absolute Gasteiger partial charge is 0.0325 e. The van der Waals surface area contributed by atoms with Gasteiger partial charge in [0.25, 0.3) is 0 Å². The van der Waals surface area contributed by atoms with Crippen molar-refractivity contribution in [3.63, 3.8) is 0 Å². The Hall–Kier alpha value is -0.0900. The van der Waals surface area contributed by atoms with Crippen LogP contribution in [0.2, 0.25) is 0 Å². The van der Waals surface area contributed by atoms with Crippen LogP contribution in [0.3, 0.4) is 0 Å². The number of hydrogen-bond donors (Lipinski definition) is 1. The highest BCUT2D eigenvalue weighted by Gasteiger charge is 2.08. The molecule has 0 heterocycles. The number of benzene rings is 1.